The van der Waals surface area contributed by atoms with Gasteiger partial charge in [-0.1, -0.05) is 12.1 Å². The summed E-state index contributed by atoms with van der Waals surface area (Å²) in [5, 5.41) is 19.6. The Morgan fingerprint density at radius 2 is 1.37 bits per heavy atom. The van der Waals surface area contributed by atoms with Crippen molar-refractivity contribution < 1.29 is 28.9 Å². The van der Waals surface area contributed by atoms with E-state index in [0.717, 1.165) is 5.56 Å². The summed E-state index contributed by atoms with van der Waals surface area (Å²) in [6.45, 7) is 5.65. The van der Waals surface area contributed by atoms with Gasteiger partial charge >= 0.3 is 12.1 Å². The van der Waals surface area contributed by atoms with Gasteiger partial charge in [0.1, 0.15) is 34.4 Å². The van der Waals surface area contributed by atoms with Crippen LogP contribution in [0.1, 0.15) is 42.3 Å². The van der Waals surface area contributed by atoms with Crippen LogP contribution in [-0.4, -0.2) is 28.6 Å². The van der Waals surface area contributed by atoms with Crippen LogP contribution >= 0.6 is 0 Å². The smallest absolute Gasteiger partial charge is 0.407 e. The number of nitrogens with two attached hydrogens (primary N) is 1. The summed E-state index contributed by atoms with van der Waals surface area (Å²) in [5.41, 5.74) is 6.26. The van der Waals surface area contributed by atoms with Gasteiger partial charge in [0.2, 0.25) is 0 Å². The molecule has 0 aliphatic carbocycles. The van der Waals surface area contributed by atoms with Crippen LogP contribution < -0.4 is 20.5 Å². The van der Waals surface area contributed by atoms with E-state index in [-0.39, 0.29) is 29.4 Å². The Kier molecular flexibility index (Phi) is 7.60. The topological polar surface area (TPSA) is 144 Å². The molecule has 0 atom stereocenters. The van der Waals surface area contributed by atoms with Crippen LogP contribution in [0.25, 0.3) is 0 Å². The van der Waals surface area contributed by atoms with Crippen molar-refractivity contribution in [3.8, 4) is 23.0 Å². The summed E-state index contributed by atoms with van der Waals surface area (Å²) in [5.74, 6) is 0.284. The van der Waals surface area contributed by atoms with E-state index in [4.69, 9.17) is 25.4 Å². The molecule has 35 heavy (non-hydrogen) atoms. The molecule has 0 spiro atoms. The molecular weight excluding hydrogens is 450 g/mol. The number of carboxylic acid groups (broad SMARTS) is 1. The number of rotatable bonds is 8. The molecule has 1 amide bonds. The molecule has 0 radical (unpaired) electrons. The van der Waals surface area contributed by atoms with Gasteiger partial charge in [-0.05, 0) is 74.9 Å². The molecule has 0 aromatic heterocycles. The molecule has 0 unspecified atom stereocenters. The predicted octanol–water partition coefficient (Wildman–Crippen LogP) is 5.28. The van der Waals surface area contributed by atoms with Crippen molar-refractivity contribution in [3.63, 3.8) is 0 Å². The van der Waals surface area contributed by atoms with Gasteiger partial charge in [0, 0.05) is 18.2 Å². The summed E-state index contributed by atoms with van der Waals surface area (Å²) in [4.78, 5) is 23.4. The molecule has 0 aliphatic rings. The predicted molar refractivity (Wildman–Crippen MR) is 131 cm³/mol. The van der Waals surface area contributed by atoms with E-state index < -0.39 is 17.7 Å². The monoisotopic (exact) mass is 477 g/mol. The lowest BCUT2D eigenvalue weighted by Gasteiger charge is -2.19. The molecule has 9 heteroatoms. The minimum Gasteiger partial charge on any atom is -0.478 e. The molecule has 5 N–H and O–H groups in total. The highest BCUT2D eigenvalue weighted by Crippen LogP contribution is 2.31. The van der Waals surface area contributed by atoms with Gasteiger partial charge in [-0.25, -0.2) is 9.59 Å². The lowest BCUT2D eigenvalue weighted by Crippen LogP contribution is -2.32. The fraction of sp³-hybridized carbons (Fsp3) is 0.192. The third kappa shape index (κ3) is 7.78. The first-order valence-electron chi connectivity index (χ1n) is 10.7. The van der Waals surface area contributed by atoms with Crippen molar-refractivity contribution in [1.29, 1.82) is 5.41 Å². The molecule has 0 heterocycles. The number of aromatic carboxylic acids is 1. The number of hydrogen-bond donors (Lipinski definition) is 4. The van der Waals surface area contributed by atoms with Gasteiger partial charge in [-0.15, -0.1) is 0 Å². The second kappa shape index (κ2) is 10.6. The zero-order chi connectivity index (χ0) is 25.6. The zero-order valence-electron chi connectivity index (χ0n) is 19.6. The minimum absolute atomic E-state index is 0.00367. The van der Waals surface area contributed by atoms with E-state index in [1.165, 1.54) is 12.1 Å². The molecule has 3 aromatic rings. The average molecular weight is 478 g/mol. The van der Waals surface area contributed by atoms with E-state index in [1.54, 1.807) is 75.4 Å². The molecule has 0 aliphatic heterocycles. The Morgan fingerprint density at radius 3 is 1.83 bits per heavy atom. The van der Waals surface area contributed by atoms with Crippen LogP contribution in [0.2, 0.25) is 0 Å². The SMILES string of the molecule is CC(C)(C)OC(=O)NCc1ccc(Oc2cc(Oc3ccc(C(=N)N)cc3)cc(C(=O)O)c2)cc1. The van der Waals surface area contributed by atoms with Crippen LogP contribution in [-0.2, 0) is 11.3 Å². The molecule has 3 aromatic carbocycles. The third-order valence-corrected chi connectivity index (χ3v) is 4.52. The standard InChI is InChI=1S/C26H27N3O6/c1-26(2,3)35-25(32)29-15-16-4-8-19(9-5-16)33-21-12-18(24(30)31)13-22(14-21)34-20-10-6-17(7-11-20)23(27)28/h4-14H,15H2,1-3H3,(H3,27,28)(H,29,32)(H,30,31). The molecule has 9 nitrogen and oxygen atoms in total. The van der Waals surface area contributed by atoms with Crippen molar-refractivity contribution in [2.24, 2.45) is 5.73 Å². The molecule has 0 saturated heterocycles. The number of nitrogen functional groups attached to an aromatic ring is 1. The van der Waals surface area contributed by atoms with E-state index in [9.17, 15) is 14.7 Å². The first kappa shape index (κ1) is 25.1. The Bertz CT molecular complexity index is 1220. The summed E-state index contributed by atoms with van der Waals surface area (Å²) >= 11 is 0. The summed E-state index contributed by atoms with van der Waals surface area (Å²) in [6.07, 6.45) is -0.508. The van der Waals surface area contributed by atoms with E-state index >= 15 is 0 Å². The number of carbonyl (C=O) groups is 2. The number of amidine groups is 1. The Morgan fingerprint density at radius 1 is 0.857 bits per heavy atom. The lowest BCUT2D eigenvalue weighted by molar-refractivity contribution is 0.0523. The largest absolute Gasteiger partial charge is 0.478 e. The van der Waals surface area contributed by atoms with Crippen molar-refractivity contribution in [2.45, 2.75) is 32.9 Å². The lowest BCUT2D eigenvalue weighted by atomic mass is 10.2. The quantitative estimate of drug-likeness (QED) is 0.255. The van der Waals surface area contributed by atoms with Crippen molar-refractivity contribution in [1.82, 2.24) is 5.32 Å². The van der Waals surface area contributed by atoms with Gasteiger partial charge in [0.25, 0.3) is 0 Å². The van der Waals surface area contributed by atoms with Crippen LogP contribution in [0.4, 0.5) is 4.79 Å². The number of alkyl carbamates (subject to hydrolysis) is 1. The third-order valence-electron chi connectivity index (χ3n) is 4.52. The number of hydrogen-bond acceptors (Lipinski definition) is 6. The van der Waals surface area contributed by atoms with E-state index in [0.29, 0.717) is 17.1 Å². The number of benzene rings is 3. The summed E-state index contributed by atoms with van der Waals surface area (Å²) in [6, 6.07) is 17.9. The molecule has 0 fully saturated rings. The fourth-order valence-electron chi connectivity index (χ4n) is 2.95. The Balaban J connectivity index is 1.70. The van der Waals surface area contributed by atoms with Crippen LogP contribution in [0.5, 0.6) is 23.0 Å². The highest BCUT2D eigenvalue weighted by molar-refractivity contribution is 5.95. The normalized spacial score (nSPS) is 10.8. The van der Waals surface area contributed by atoms with E-state index in [2.05, 4.69) is 5.32 Å². The second-order valence-electron chi connectivity index (χ2n) is 8.64. The van der Waals surface area contributed by atoms with Crippen LogP contribution in [0.3, 0.4) is 0 Å². The first-order valence-corrected chi connectivity index (χ1v) is 10.7. The van der Waals surface area contributed by atoms with Crippen molar-refractivity contribution in [3.05, 3.63) is 83.4 Å². The average Bonchev–Trinajstić information content (AvgIpc) is 2.77. The highest BCUT2D eigenvalue weighted by Gasteiger charge is 2.16. The Labute approximate surface area is 202 Å². The number of amides is 1. The van der Waals surface area contributed by atoms with Crippen molar-refractivity contribution in [2.75, 3.05) is 0 Å². The number of nitrogens with one attached hydrogen (secondary N) is 2. The molecule has 0 saturated carbocycles. The second-order valence-corrected chi connectivity index (χ2v) is 8.64. The van der Waals surface area contributed by atoms with Gasteiger partial charge in [0.15, 0.2) is 0 Å². The van der Waals surface area contributed by atoms with Gasteiger partial charge in [0.05, 0.1) is 5.56 Å². The fourth-order valence-corrected chi connectivity index (χ4v) is 2.95. The maximum absolute atomic E-state index is 11.8. The number of ether oxygens (including phenoxy) is 3. The summed E-state index contributed by atoms with van der Waals surface area (Å²) < 4.78 is 16.8. The maximum atomic E-state index is 11.8. The first-order chi connectivity index (χ1) is 16.5. The molecular formula is C26H27N3O6. The van der Waals surface area contributed by atoms with Gasteiger partial charge in [-0.2, -0.15) is 0 Å². The minimum atomic E-state index is -1.13. The van der Waals surface area contributed by atoms with Gasteiger partial charge < -0.3 is 30.4 Å². The molecule has 0 bridgehead atoms. The highest BCUT2D eigenvalue weighted by atomic mass is 16.6. The van der Waals surface area contributed by atoms with Crippen molar-refractivity contribution >= 4 is 17.9 Å². The number of carbonyl (C=O) groups excluding carboxylic acids is 1. The molecule has 182 valence electrons. The Hall–Kier alpha value is -4.53. The zero-order valence-corrected chi connectivity index (χ0v) is 19.6. The van der Waals surface area contributed by atoms with Crippen LogP contribution in [0, 0.1) is 5.41 Å². The summed E-state index contributed by atoms with van der Waals surface area (Å²) in [7, 11) is 0. The number of carboxylic acids is 1. The molecule has 3 rings (SSSR count). The maximum Gasteiger partial charge on any atom is 0.407 e. The van der Waals surface area contributed by atoms with Gasteiger partial charge in [-0.3, -0.25) is 5.41 Å². The van der Waals surface area contributed by atoms with Crippen LogP contribution in [0.15, 0.2) is 66.7 Å². The van der Waals surface area contributed by atoms with E-state index in [1.807, 2.05) is 0 Å².